The zero-order valence-electron chi connectivity index (χ0n) is 21.2. The summed E-state index contributed by atoms with van der Waals surface area (Å²) >= 11 is 0. The van der Waals surface area contributed by atoms with E-state index in [2.05, 4.69) is 10.3 Å². The van der Waals surface area contributed by atoms with Gasteiger partial charge in [0.25, 0.3) is 17.4 Å². The Morgan fingerprint density at radius 2 is 1.82 bits per heavy atom. The van der Waals surface area contributed by atoms with E-state index in [1.54, 1.807) is 35.6 Å². The molecule has 1 aliphatic rings. The van der Waals surface area contributed by atoms with Crippen LogP contribution in [0.15, 0.2) is 29.1 Å². The molecule has 2 aromatic heterocycles. The molecule has 0 saturated carbocycles. The number of fused-ring (bicyclic) bond motifs is 1. The summed E-state index contributed by atoms with van der Waals surface area (Å²) in [7, 11) is -2.40. The van der Waals surface area contributed by atoms with Gasteiger partial charge in [-0.3, -0.25) is 14.2 Å². The van der Waals surface area contributed by atoms with Gasteiger partial charge in [0.1, 0.15) is 0 Å². The summed E-state index contributed by atoms with van der Waals surface area (Å²) in [5, 5.41) is 3.35. The van der Waals surface area contributed by atoms with Gasteiger partial charge < -0.3 is 10.2 Å². The van der Waals surface area contributed by atoms with Crippen molar-refractivity contribution in [2.24, 2.45) is 7.05 Å². The highest BCUT2D eigenvalue weighted by molar-refractivity contribution is 7.89. The van der Waals surface area contributed by atoms with Crippen molar-refractivity contribution >= 4 is 38.5 Å². The molecule has 1 aromatic carbocycles. The molecule has 1 saturated heterocycles. The van der Waals surface area contributed by atoms with E-state index in [-0.39, 0.29) is 43.1 Å². The molecule has 3 aromatic rings. The van der Waals surface area contributed by atoms with E-state index < -0.39 is 39.5 Å². The maximum Gasteiger partial charge on any atom is 0.285 e. The Labute approximate surface area is 216 Å². The number of carbonyl (C=O) groups is 1. The van der Waals surface area contributed by atoms with Gasteiger partial charge in [-0.1, -0.05) is 6.07 Å². The number of hydrogen-bond donors (Lipinski definition) is 2. The first-order valence-electron chi connectivity index (χ1n) is 11.7. The molecule has 2 N–H and O–H groups in total. The van der Waals surface area contributed by atoms with Crippen LogP contribution in [0.4, 0.5) is 24.8 Å². The normalized spacial score (nSPS) is 16.3. The van der Waals surface area contributed by atoms with Crippen LogP contribution in [0.3, 0.4) is 0 Å². The Morgan fingerprint density at radius 3 is 2.45 bits per heavy atom. The van der Waals surface area contributed by atoms with Crippen molar-refractivity contribution in [3.63, 3.8) is 0 Å². The first kappa shape index (κ1) is 27.4. The first-order chi connectivity index (χ1) is 17.6. The minimum Gasteiger partial charge on any atom is -0.377 e. The van der Waals surface area contributed by atoms with Gasteiger partial charge >= 0.3 is 0 Å². The highest BCUT2D eigenvalue weighted by Crippen LogP contribution is 2.32. The fourth-order valence-electron chi connectivity index (χ4n) is 4.44. The number of nitrogens with zero attached hydrogens (tertiary/aromatic N) is 4. The predicted molar refractivity (Wildman–Crippen MR) is 137 cm³/mol. The Morgan fingerprint density at radius 1 is 1.16 bits per heavy atom. The molecule has 0 unspecified atom stereocenters. The van der Waals surface area contributed by atoms with Gasteiger partial charge in [0.15, 0.2) is 5.69 Å². The van der Waals surface area contributed by atoms with E-state index in [0.29, 0.717) is 16.5 Å². The number of pyridine rings is 1. The van der Waals surface area contributed by atoms with Gasteiger partial charge in [-0.15, -0.1) is 0 Å². The molecule has 1 aliphatic heterocycles. The molecule has 1 atom stereocenters. The number of aryl methyl sites for hydroxylation is 1. The maximum atomic E-state index is 13.8. The molecule has 1 amide bonds. The van der Waals surface area contributed by atoms with Gasteiger partial charge in [0.2, 0.25) is 21.9 Å². The highest BCUT2D eigenvalue weighted by atomic mass is 32.2. The van der Waals surface area contributed by atoms with E-state index in [9.17, 15) is 31.2 Å². The molecule has 0 aliphatic carbocycles. The first-order valence-corrected chi connectivity index (χ1v) is 13.6. The summed E-state index contributed by atoms with van der Waals surface area (Å²) in [4.78, 5) is 35.7. The summed E-state index contributed by atoms with van der Waals surface area (Å²) in [6.45, 7) is 3.58. The van der Waals surface area contributed by atoms with Gasteiger partial charge in [-0.2, -0.15) is 4.39 Å². The number of benzene rings is 1. The third-order valence-electron chi connectivity index (χ3n) is 6.30. The van der Waals surface area contributed by atoms with Crippen molar-refractivity contribution < 1.29 is 26.4 Å². The number of hydrogen-bond acceptors (Lipinski definition) is 8. The number of rotatable bonds is 6. The molecule has 10 nitrogen and oxygen atoms in total. The van der Waals surface area contributed by atoms with E-state index >= 15 is 0 Å². The number of carbonyl (C=O) groups excluding carboxylic acids is 1. The van der Waals surface area contributed by atoms with Crippen molar-refractivity contribution in [2.75, 3.05) is 29.6 Å². The van der Waals surface area contributed by atoms with Crippen molar-refractivity contribution in [3.8, 4) is 0 Å². The molecule has 14 heteroatoms. The third-order valence-corrected chi connectivity index (χ3v) is 6.86. The van der Waals surface area contributed by atoms with Crippen LogP contribution in [0.25, 0.3) is 10.9 Å². The van der Waals surface area contributed by atoms with Crippen LogP contribution in [0.1, 0.15) is 47.4 Å². The minimum atomic E-state index is -3.94. The van der Waals surface area contributed by atoms with E-state index in [0.717, 1.165) is 17.9 Å². The number of piperidine rings is 1. The summed E-state index contributed by atoms with van der Waals surface area (Å²) in [6, 6.07) is 5.11. The molecule has 0 radical (unpaired) electrons. The zero-order chi connectivity index (χ0) is 28.0. The van der Waals surface area contributed by atoms with Crippen molar-refractivity contribution in [1.29, 1.82) is 0 Å². The van der Waals surface area contributed by atoms with Gasteiger partial charge in [-0.05, 0) is 37.6 Å². The molecule has 38 heavy (non-hydrogen) atoms. The lowest BCUT2D eigenvalue weighted by Crippen LogP contribution is -2.42. The number of sulfonamides is 1. The number of anilines is 2. The molecular formula is C24H27F3N6O4S. The van der Waals surface area contributed by atoms with Crippen molar-refractivity contribution in [2.45, 2.75) is 38.7 Å². The fraction of sp³-hybridized carbons (Fsp3) is 0.417. The lowest BCUT2D eigenvalue weighted by Gasteiger charge is -2.33. The average Bonchev–Trinajstić information content (AvgIpc) is 2.81. The topological polar surface area (TPSA) is 126 Å². The maximum absolute atomic E-state index is 13.8. The van der Waals surface area contributed by atoms with E-state index in [1.807, 2.05) is 0 Å². The van der Waals surface area contributed by atoms with E-state index in [1.165, 1.54) is 17.7 Å². The van der Waals surface area contributed by atoms with Crippen LogP contribution in [-0.4, -0.2) is 54.1 Å². The van der Waals surface area contributed by atoms with Gasteiger partial charge in [0, 0.05) is 38.5 Å². The van der Waals surface area contributed by atoms with Crippen molar-refractivity contribution in [1.82, 2.24) is 19.3 Å². The zero-order valence-corrected chi connectivity index (χ0v) is 22.0. The fourth-order valence-corrected chi connectivity index (χ4v) is 4.87. The monoisotopic (exact) mass is 552 g/mol. The summed E-state index contributed by atoms with van der Waals surface area (Å²) in [6.07, 6.45) is 0.0804. The third kappa shape index (κ3) is 5.74. The number of aromatic nitrogens is 3. The van der Waals surface area contributed by atoms with Gasteiger partial charge in [-0.25, -0.2) is 31.9 Å². The van der Waals surface area contributed by atoms with Crippen LogP contribution >= 0.6 is 0 Å². The quantitative estimate of drug-likeness (QED) is 0.447. The van der Waals surface area contributed by atoms with Crippen LogP contribution in [0.5, 0.6) is 0 Å². The lowest BCUT2D eigenvalue weighted by atomic mass is 10.0. The summed E-state index contributed by atoms with van der Waals surface area (Å²) < 4.78 is 67.5. The largest absolute Gasteiger partial charge is 0.377 e. The summed E-state index contributed by atoms with van der Waals surface area (Å²) in [5.41, 5.74) is 0.868. The molecule has 0 bridgehead atoms. The Balaban J connectivity index is 1.77. The lowest BCUT2D eigenvalue weighted by molar-refractivity contribution is -0.0223. The molecule has 3 heterocycles. The molecule has 0 spiro atoms. The molecular weight excluding hydrogens is 525 g/mol. The number of nitrogens with one attached hydrogen (secondary N) is 2. The minimum absolute atomic E-state index is 0.0356. The number of halogens is 3. The summed E-state index contributed by atoms with van der Waals surface area (Å²) in [5.74, 6) is -4.61. The smallest absolute Gasteiger partial charge is 0.285 e. The highest BCUT2D eigenvalue weighted by Gasteiger charge is 2.35. The second-order valence-corrected chi connectivity index (χ2v) is 11.2. The SMILES string of the molecule is Cc1cc([C@@H](C)Nc2ccc(F)nc2C(=O)NS(C)(=O)=O)c2nc(N3CCC(F)(F)CC3)n(C)c(=O)c2c1. The number of amides is 1. The standard InChI is InChI=1S/C24H27F3N6O4S/c1-13-11-15(14(2)28-17-5-6-18(25)29-20(17)21(34)31-38(4,36)37)19-16(12-13)22(35)32(3)23(30-19)33-9-7-24(26,27)8-10-33/h5-6,11-12,14,28H,7-10H2,1-4H3,(H,31,34)/t14-/m1/s1. The molecule has 1 fully saturated rings. The van der Waals surface area contributed by atoms with Crippen LogP contribution in [0, 0.1) is 12.9 Å². The second-order valence-electron chi connectivity index (χ2n) is 9.47. The Bertz CT molecular complexity index is 1580. The Kier molecular flexibility index (Phi) is 7.12. The van der Waals surface area contributed by atoms with Crippen LogP contribution in [0.2, 0.25) is 0 Å². The van der Waals surface area contributed by atoms with Crippen LogP contribution < -0.4 is 20.5 Å². The molecule has 204 valence electrons. The van der Waals surface area contributed by atoms with Gasteiger partial charge in [0.05, 0.1) is 28.9 Å². The number of alkyl halides is 2. The predicted octanol–water partition coefficient (Wildman–Crippen LogP) is 2.87. The van der Waals surface area contributed by atoms with Crippen LogP contribution in [-0.2, 0) is 17.1 Å². The molecule has 4 rings (SSSR count). The Hall–Kier alpha value is -3.68. The average molecular weight is 553 g/mol. The van der Waals surface area contributed by atoms with E-state index in [4.69, 9.17) is 4.98 Å². The van der Waals surface area contributed by atoms with Crippen molar-refractivity contribution in [3.05, 3.63) is 57.4 Å². The second kappa shape index (κ2) is 9.89.